The van der Waals surface area contributed by atoms with Gasteiger partial charge in [0.25, 0.3) is 0 Å². The Bertz CT molecular complexity index is 654. The minimum absolute atomic E-state index is 0.491. The summed E-state index contributed by atoms with van der Waals surface area (Å²) in [4.78, 5) is 6.80. The highest BCUT2D eigenvalue weighted by Crippen LogP contribution is 2.37. The van der Waals surface area contributed by atoms with Gasteiger partial charge in [0.05, 0.1) is 12.8 Å². The standard InChI is InChI=1S/C18H23N3O2/c1-22-18-14(15-7-5-9-17(19)20-15)6-4-8-16(18)23-13-12-21-10-2-3-11-21/h4-9H,2-3,10-13H2,1H3,(H2,19,20). The van der Waals surface area contributed by atoms with E-state index >= 15 is 0 Å². The van der Waals surface area contributed by atoms with E-state index in [1.54, 1.807) is 13.2 Å². The summed E-state index contributed by atoms with van der Waals surface area (Å²) in [6, 6.07) is 11.4. The molecule has 1 aliphatic heterocycles. The fraction of sp³-hybridized carbons (Fsp3) is 0.389. The van der Waals surface area contributed by atoms with Crippen molar-refractivity contribution in [3.63, 3.8) is 0 Å². The van der Waals surface area contributed by atoms with Gasteiger partial charge in [0.15, 0.2) is 11.5 Å². The van der Waals surface area contributed by atoms with Crippen LogP contribution in [0.15, 0.2) is 36.4 Å². The molecule has 0 bridgehead atoms. The van der Waals surface area contributed by atoms with Crippen molar-refractivity contribution >= 4 is 5.82 Å². The van der Waals surface area contributed by atoms with Gasteiger partial charge in [-0.1, -0.05) is 12.1 Å². The van der Waals surface area contributed by atoms with Gasteiger partial charge in [-0.15, -0.1) is 0 Å². The van der Waals surface area contributed by atoms with Crippen molar-refractivity contribution in [1.29, 1.82) is 0 Å². The Morgan fingerprint density at radius 1 is 1.13 bits per heavy atom. The zero-order valence-corrected chi connectivity index (χ0v) is 13.5. The monoisotopic (exact) mass is 313 g/mol. The Morgan fingerprint density at radius 2 is 1.91 bits per heavy atom. The van der Waals surface area contributed by atoms with E-state index in [0.29, 0.717) is 18.2 Å². The predicted octanol–water partition coefficient (Wildman–Crippen LogP) is 2.81. The van der Waals surface area contributed by atoms with Gasteiger partial charge >= 0.3 is 0 Å². The Morgan fingerprint density at radius 3 is 2.65 bits per heavy atom. The van der Waals surface area contributed by atoms with Gasteiger partial charge in [0.1, 0.15) is 12.4 Å². The number of benzene rings is 1. The summed E-state index contributed by atoms with van der Waals surface area (Å²) in [6.07, 6.45) is 2.58. The van der Waals surface area contributed by atoms with Gasteiger partial charge in [-0.05, 0) is 50.2 Å². The minimum atomic E-state index is 0.491. The molecule has 0 unspecified atom stereocenters. The Balaban J connectivity index is 1.76. The summed E-state index contributed by atoms with van der Waals surface area (Å²) in [7, 11) is 1.65. The molecule has 1 saturated heterocycles. The number of likely N-dealkylation sites (tertiary alicyclic amines) is 1. The first-order valence-electron chi connectivity index (χ1n) is 8.03. The second kappa shape index (κ2) is 7.33. The zero-order chi connectivity index (χ0) is 16.1. The third-order valence-corrected chi connectivity index (χ3v) is 4.09. The van der Waals surface area contributed by atoms with Gasteiger partial charge < -0.3 is 15.2 Å². The maximum absolute atomic E-state index is 5.96. The number of methoxy groups -OCH3 is 1. The summed E-state index contributed by atoms with van der Waals surface area (Å²) in [5, 5.41) is 0. The minimum Gasteiger partial charge on any atom is -0.492 e. The van der Waals surface area contributed by atoms with Crippen LogP contribution in [0.1, 0.15) is 12.8 Å². The van der Waals surface area contributed by atoms with Crippen LogP contribution >= 0.6 is 0 Å². The van der Waals surface area contributed by atoms with Crippen LogP contribution in [0.2, 0.25) is 0 Å². The van der Waals surface area contributed by atoms with Gasteiger partial charge in [0, 0.05) is 12.1 Å². The second-order valence-electron chi connectivity index (χ2n) is 5.68. The molecule has 122 valence electrons. The highest BCUT2D eigenvalue weighted by Gasteiger charge is 2.15. The average molecular weight is 313 g/mol. The Labute approximate surface area is 137 Å². The molecule has 3 rings (SSSR count). The number of para-hydroxylation sites is 1. The molecule has 0 atom stereocenters. The van der Waals surface area contributed by atoms with E-state index in [-0.39, 0.29) is 0 Å². The number of anilines is 1. The van der Waals surface area contributed by atoms with Crippen LogP contribution in [0, 0.1) is 0 Å². The van der Waals surface area contributed by atoms with Crippen molar-refractivity contribution in [3.8, 4) is 22.8 Å². The number of nitrogens with two attached hydrogens (primary N) is 1. The van der Waals surface area contributed by atoms with Crippen LogP contribution in [0.4, 0.5) is 5.82 Å². The van der Waals surface area contributed by atoms with Crippen LogP contribution in [-0.4, -0.2) is 43.2 Å². The molecule has 1 aromatic heterocycles. The van der Waals surface area contributed by atoms with Crippen molar-refractivity contribution in [3.05, 3.63) is 36.4 Å². The van der Waals surface area contributed by atoms with Crippen LogP contribution in [0.3, 0.4) is 0 Å². The van der Waals surface area contributed by atoms with Crippen LogP contribution in [-0.2, 0) is 0 Å². The summed E-state index contributed by atoms with van der Waals surface area (Å²) < 4.78 is 11.5. The number of aromatic nitrogens is 1. The molecule has 0 radical (unpaired) electrons. The predicted molar refractivity (Wildman–Crippen MR) is 91.8 cm³/mol. The molecule has 1 fully saturated rings. The molecule has 23 heavy (non-hydrogen) atoms. The van der Waals surface area contributed by atoms with Crippen molar-refractivity contribution in [2.24, 2.45) is 0 Å². The molecule has 1 aliphatic rings. The molecule has 1 aromatic carbocycles. The summed E-state index contributed by atoms with van der Waals surface area (Å²) in [6.45, 7) is 3.95. The van der Waals surface area contributed by atoms with Crippen LogP contribution < -0.4 is 15.2 Å². The fourth-order valence-electron chi connectivity index (χ4n) is 2.93. The van der Waals surface area contributed by atoms with E-state index in [9.17, 15) is 0 Å². The highest BCUT2D eigenvalue weighted by molar-refractivity contribution is 5.71. The molecule has 5 nitrogen and oxygen atoms in total. The molecule has 0 aliphatic carbocycles. The third kappa shape index (κ3) is 3.74. The van der Waals surface area contributed by atoms with E-state index in [0.717, 1.165) is 23.6 Å². The molecular formula is C18H23N3O2. The molecule has 5 heteroatoms. The first-order valence-corrected chi connectivity index (χ1v) is 8.03. The number of nitrogen functional groups attached to an aromatic ring is 1. The lowest BCUT2D eigenvalue weighted by molar-refractivity contribution is 0.230. The van der Waals surface area contributed by atoms with E-state index in [2.05, 4.69) is 9.88 Å². The Hall–Kier alpha value is -2.27. The summed E-state index contributed by atoms with van der Waals surface area (Å²) in [5.41, 5.74) is 7.46. The SMILES string of the molecule is COc1c(OCCN2CCCC2)cccc1-c1cccc(N)n1. The number of hydrogen-bond acceptors (Lipinski definition) is 5. The van der Waals surface area contributed by atoms with Gasteiger partial charge in [-0.2, -0.15) is 0 Å². The van der Waals surface area contributed by atoms with Crippen molar-refractivity contribution in [2.75, 3.05) is 39.1 Å². The van der Waals surface area contributed by atoms with Crippen LogP contribution in [0.25, 0.3) is 11.3 Å². The van der Waals surface area contributed by atoms with Gasteiger partial charge in [-0.25, -0.2) is 4.98 Å². The fourth-order valence-corrected chi connectivity index (χ4v) is 2.93. The maximum Gasteiger partial charge on any atom is 0.170 e. The first kappa shape index (κ1) is 15.6. The lowest BCUT2D eigenvalue weighted by Gasteiger charge is -2.17. The number of nitrogens with zero attached hydrogens (tertiary/aromatic N) is 2. The normalized spacial score (nSPS) is 14.8. The van der Waals surface area contributed by atoms with Crippen molar-refractivity contribution < 1.29 is 9.47 Å². The molecule has 0 spiro atoms. The highest BCUT2D eigenvalue weighted by atomic mass is 16.5. The van der Waals surface area contributed by atoms with Gasteiger partial charge in [-0.3, -0.25) is 4.90 Å². The number of rotatable bonds is 6. The molecule has 2 N–H and O–H groups in total. The quantitative estimate of drug-likeness (QED) is 0.888. The molecule has 2 aromatic rings. The lowest BCUT2D eigenvalue weighted by Crippen LogP contribution is -2.25. The number of pyridine rings is 1. The third-order valence-electron chi connectivity index (χ3n) is 4.09. The summed E-state index contributed by atoms with van der Waals surface area (Å²) in [5.74, 6) is 1.94. The van der Waals surface area contributed by atoms with E-state index in [1.165, 1.54) is 25.9 Å². The maximum atomic E-state index is 5.96. The topological polar surface area (TPSA) is 60.6 Å². The number of ether oxygens (including phenoxy) is 2. The number of hydrogen-bond donors (Lipinski definition) is 1. The lowest BCUT2D eigenvalue weighted by atomic mass is 10.1. The molecule has 0 amide bonds. The summed E-state index contributed by atoms with van der Waals surface area (Å²) >= 11 is 0. The largest absolute Gasteiger partial charge is 0.492 e. The average Bonchev–Trinajstić information content (AvgIpc) is 3.08. The van der Waals surface area contributed by atoms with Crippen LogP contribution in [0.5, 0.6) is 11.5 Å². The molecule has 2 heterocycles. The molecular weight excluding hydrogens is 290 g/mol. The Kier molecular flexibility index (Phi) is 4.98. The van der Waals surface area contributed by atoms with E-state index in [4.69, 9.17) is 15.2 Å². The van der Waals surface area contributed by atoms with Gasteiger partial charge in [0.2, 0.25) is 0 Å². The first-order chi connectivity index (χ1) is 11.3. The van der Waals surface area contributed by atoms with Crippen molar-refractivity contribution in [2.45, 2.75) is 12.8 Å². The molecule has 0 saturated carbocycles. The smallest absolute Gasteiger partial charge is 0.170 e. The van der Waals surface area contributed by atoms with Crippen molar-refractivity contribution in [1.82, 2.24) is 9.88 Å². The zero-order valence-electron chi connectivity index (χ0n) is 13.5. The second-order valence-corrected chi connectivity index (χ2v) is 5.68. The van der Waals surface area contributed by atoms with E-state index < -0.39 is 0 Å². The van der Waals surface area contributed by atoms with E-state index in [1.807, 2.05) is 30.3 Å².